The van der Waals surface area contributed by atoms with Crippen LogP contribution < -0.4 is 0 Å². The highest BCUT2D eigenvalue weighted by Gasteiger charge is 2.25. The van der Waals surface area contributed by atoms with Crippen molar-refractivity contribution in [3.05, 3.63) is 11.1 Å². The van der Waals surface area contributed by atoms with Crippen LogP contribution in [0.4, 0.5) is 4.39 Å². The molecule has 0 heterocycles. The standard InChI is InChI=1S/C13H23F/c1-5-9(2)6-12-8-13(14)11(4)7-10(12)3/h9,11,13H,5-8H2,1-4H3. The van der Waals surface area contributed by atoms with Crippen LogP contribution in [0.2, 0.25) is 0 Å². The third kappa shape index (κ3) is 2.83. The van der Waals surface area contributed by atoms with Crippen LogP contribution in [0.25, 0.3) is 0 Å². The monoisotopic (exact) mass is 198 g/mol. The van der Waals surface area contributed by atoms with E-state index in [-0.39, 0.29) is 5.92 Å². The second-order valence-corrected chi connectivity index (χ2v) is 5.00. The zero-order valence-electron chi connectivity index (χ0n) is 9.94. The lowest BCUT2D eigenvalue weighted by atomic mass is 9.81. The molecule has 0 nitrogen and oxygen atoms in total. The van der Waals surface area contributed by atoms with Gasteiger partial charge in [0.1, 0.15) is 6.17 Å². The van der Waals surface area contributed by atoms with Crippen LogP contribution in [0.15, 0.2) is 11.1 Å². The molecule has 0 saturated heterocycles. The molecule has 0 amide bonds. The minimum Gasteiger partial charge on any atom is -0.247 e. The Morgan fingerprint density at radius 2 is 2.07 bits per heavy atom. The molecule has 0 bridgehead atoms. The molecule has 0 radical (unpaired) electrons. The largest absolute Gasteiger partial charge is 0.247 e. The Morgan fingerprint density at radius 3 is 2.64 bits per heavy atom. The highest BCUT2D eigenvalue weighted by atomic mass is 19.1. The predicted molar refractivity (Wildman–Crippen MR) is 60.1 cm³/mol. The van der Waals surface area contributed by atoms with Gasteiger partial charge in [0.05, 0.1) is 0 Å². The Balaban J connectivity index is 2.62. The van der Waals surface area contributed by atoms with E-state index in [1.807, 2.05) is 6.92 Å². The second-order valence-electron chi connectivity index (χ2n) is 5.00. The van der Waals surface area contributed by atoms with Crippen molar-refractivity contribution >= 4 is 0 Å². The van der Waals surface area contributed by atoms with E-state index in [2.05, 4.69) is 20.8 Å². The van der Waals surface area contributed by atoms with Gasteiger partial charge in [0.25, 0.3) is 0 Å². The summed E-state index contributed by atoms with van der Waals surface area (Å²) in [5, 5.41) is 0. The molecular weight excluding hydrogens is 175 g/mol. The van der Waals surface area contributed by atoms with Crippen molar-refractivity contribution in [2.45, 2.75) is 59.5 Å². The van der Waals surface area contributed by atoms with Crippen molar-refractivity contribution in [1.82, 2.24) is 0 Å². The quantitative estimate of drug-likeness (QED) is 0.585. The lowest BCUT2D eigenvalue weighted by Crippen LogP contribution is -2.20. The van der Waals surface area contributed by atoms with Gasteiger partial charge in [-0.15, -0.1) is 0 Å². The first-order chi connectivity index (χ1) is 6.54. The number of alkyl halides is 1. The fraction of sp³-hybridized carbons (Fsp3) is 0.846. The van der Waals surface area contributed by atoms with E-state index in [1.54, 1.807) is 0 Å². The van der Waals surface area contributed by atoms with Gasteiger partial charge in [0.2, 0.25) is 0 Å². The van der Waals surface area contributed by atoms with Gasteiger partial charge in [0, 0.05) is 6.42 Å². The third-order valence-electron chi connectivity index (χ3n) is 3.58. The Bertz CT molecular complexity index is 217. The van der Waals surface area contributed by atoms with Crippen molar-refractivity contribution in [3.8, 4) is 0 Å². The summed E-state index contributed by atoms with van der Waals surface area (Å²) in [7, 11) is 0. The fourth-order valence-corrected chi connectivity index (χ4v) is 2.19. The molecule has 3 unspecified atom stereocenters. The molecular formula is C13H23F. The molecule has 1 aliphatic carbocycles. The van der Waals surface area contributed by atoms with Crippen LogP contribution in [-0.4, -0.2) is 6.17 Å². The maximum absolute atomic E-state index is 13.5. The first-order valence-electron chi connectivity index (χ1n) is 5.86. The van der Waals surface area contributed by atoms with Crippen molar-refractivity contribution < 1.29 is 4.39 Å². The summed E-state index contributed by atoms with van der Waals surface area (Å²) in [5.74, 6) is 0.941. The van der Waals surface area contributed by atoms with E-state index in [0.717, 1.165) is 12.8 Å². The van der Waals surface area contributed by atoms with Gasteiger partial charge < -0.3 is 0 Å². The van der Waals surface area contributed by atoms with Crippen LogP contribution in [-0.2, 0) is 0 Å². The van der Waals surface area contributed by atoms with Crippen LogP contribution in [0, 0.1) is 11.8 Å². The van der Waals surface area contributed by atoms with Crippen molar-refractivity contribution in [1.29, 1.82) is 0 Å². The maximum atomic E-state index is 13.5. The van der Waals surface area contributed by atoms with Crippen molar-refractivity contribution in [2.24, 2.45) is 11.8 Å². The van der Waals surface area contributed by atoms with Crippen molar-refractivity contribution in [2.75, 3.05) is 0 Å². The van der Waals surface area contributed by atoms with Gasteiger partial charge in [-0.2, -0.15) is 0 Å². The summed E-state index contributed by atoms with van der Waals surface area (Å²) in [6, 6.07) is 0. The number of rotatable bonds is 3. The predicted octanol–water partition coefficient (Wildman–Crippen LogP) is 4.51. The van der Waals surface area contributed by atoms with Gasteiger partial charge >= 0.3 is 0 Å². The smallest absolute Gasteiger partial charge is 0.107 e. The van der Waals surface area contributed by atoms with Crippen molar-refractivity contribution in [3.63, 3.8) is 0 Å². The molecule has 0 aromatic carbocycles. The van der Waals surface area contributed by atoms with Gasteiger partial charge in [-0.1, -0.05) is 38.3 Å². The van der Waals surface area contributed by atoms with E-state index in [0.29, 0.717) is 12.3 Å². The molecule has 1 heteroatoms. The van der Waals surface area contributed by atoms with Crippen LogP contribution >= 0.6 is 0 Å². The van der Waals surface area contributed by atoms with E-state index >= 15 is 0 Å². The second kappa shape index (κ2) is 4.95. The molecule has 0 N–H and O–H groups in total. The highest BCUT2D eigenvalue weighted by molar-refractivity contribution is 5.18. The molecule has 3 atom stereocenters. The minimum absolute atomic E-state index is 0.232. The Hall–Kier alpha value is -0.330. The highest BCUT2D eigenvalue weighted by Crippen LogP contribution is 2.34. The zero-order chi connectivity index (χ0) is 10.7. The molecule has 0 spiro atoms. The molecule has 0 aromatic heterocycles. The van der Waals surface area contributed by atoms with E-state index in [4.69, 9.17) is 0 Å². The molecule has 14 heavy (non-hydrogen) atoms. The fourth-order valence-electron chi connectivity index (χ4n) is 2.19. The van der Waals surface area contributed by atoms with E-state index in [1.165, 1.54) is 17.6 Å². The van der Waals surface area contributed by atoms with E-state index in [9.17, 15) is 4.39 Å². The summed E-state index contributed by atoms with van der Waals surface area (Å²) in [6.07, 6.45) is 3.36. The van der Waals surface area contributed by atoms with Crippen LogP contribution in [0.1, 0.15) is 53.4 Å². The first kappa shape index (κ1) is 11.7. The third-order valence-corrected chi connectivity index (χ3v) is 3.58. The van der Waals surface area contributed by atoms with Gasteiger partial charge in [0.15, 0.2) is 0 Å². The number of hydrogen-bond acceptors (Lipinski definition) is 0. The average molecular weight is 198 g/mol. The molecule has 0 aliphatic heterocycles. The zero-order valence-corrected chi connectivity index (χ0v) is 9.94. The Morgan fingerprint density at radius 1 is 1.43 bits per heavy atom. The maximum Gasteiger partial charge on any atom is 0.107 e. The first-order valence-corrected chi connectivity index (χ1v) is 5.86. The molecule has 0 fully saturated rings. The summed E-state index contributed by atoms with van der Waals surface area (Å²) < 4.78 is 13.5. The number of hydrogen-bond donors (Lipinski definition) is 0. The van der Waals surface area contributed by atoms with Gasteiger partial charge in [-0.3, -0.25) is 0 Å². The molecule has 0 saturated carbocycles. The summed E-state index contributed by atoms with van der Waals surface area (Å²) in [5.41, 5.74) is 2.84. The average Bonchev–Trinajstić information content (AvgIpc) is 2.14. The van der Waals surface area contributed by atoms with Gasteiger partial charge in [-0.05, 0) is 31.6 Å². The van der Waals surface area contributed by atoms with E-state index < -0.39 is 6.17 Å². The molecule has 0 aromatic rings. The van der Waals surface area contributed by atoms with Crippen LogP contribution in [0.3, 0.4) is 0 Å². The van der Waals surface area contributed by atoms with Gasteiger partial charge in [-0.25, -0.2) is 4.39 Å². The molecule has 1 rings (SSSR count). The number of allylic oxidation sites excluding steroid dienone is 2. The lowest BCUT2D eigenvalue weighted by Gasteiger charge is -2.27. The minimum atomic E-state index is -0.599. The molecule has 82 valence electrons. The SMILES string of the molecule is CCC(C)CC1=C(C)CC(C)C(F)C1. The Labute approximate surface area is 87.6 Å². The summed E-state index contributed by atoms with van der Waals surface area (Å²) in [4.78, 5) is 0. The summed E-state index contributed by atoms with van der Waals surface area (Å²) >= 11 is 0. The molecule has 1 aliphatic rings. The Kier molecular flexibility index (Phi) is 4.15. The number of halogens is 1. The lowest BCUT2D eigenvalue weighted by molar-refractivity contribution is 0.222. The topological polar surface area (TPSA) is 0 Å². The normalized spacial score (nSPS) is 30.6. The van der Waals surface area contributed by atoms with Crippen LogP contribution in [0.5, 0.6) is 0 Å². The summed E-state index contributed by atoms with van der Waals surface area (Å²) in [6.45, 7) is 8.67.